The molecule has 20 heavy (non-hydrogen) atoms. The van der Waals surface area contributed by atoms with Crippen LogP contribution in [0.2, 0.25) is 0 Å². The second kappa shape index (κ2) is 6.92. The summed E-state index contributed by atoms with van der Waals surface area (Å²) >= 11 is 3.58. The zero-order valence-electron chi connectivity index (χ0n) is 12.5. The first-order valence-corrected chi connectivity index (χ1v) is 7.97. The van der Waals surface area contributed by atoms with Gasteiger partial charge in [-0.15, -0.1) is 0 Å². The minimum absolute atomic E-state index is 0.101. The molecular formula is C16H24BrNO2. The molecule has 3 nitrogen and oxygen atoms in total. The van der Waals surface area contributed by atoms with Crippen LogP contribution in [-0.4, -0.2) is 18.9 Å². The highest BCUT2D eigenvalue weighted by Gasteiger charge is 2.21. The highest BCUT2D eigenvalue weighted by molar-refractivity contribution is 9.10. The smallest absolute Gasteiger partial charge is 0.189 e. The summed E-state index contributed by atoms with van der Waals surface area (Å²) in [6, 6.07) is 6.05. The summed E-state index contributed by atoms with van der Waals surface area (Å²) in [5, 5.41) is 3.48. The maximum Gasteiger partial charge on any atom is 0.189 e. The van der Waals surface area contributed by atoms with Crippen molar-refractivity contribution in [3.63, 3.8) is 0 Å². The van der Waals surface area contributed by atoms with Crippen LogP contribution >= 0.6 is 15.9 Å². The van der Waals surface area contributed by atoms with Crippen molar-refractivity contribution in [2.45, 2.75) is 45.7 Å². The van der Waals surface area contributed by atoms with E-state index in [1.165, 1.54) is 18.4 Å². The van der Waals surface area contributed by atoms with E-state index in [9.17, 15) is 0 Å². The second-order valence-electron chi connectivity index (χ2n) is 6.43. The molecule has 0 radical (unpaired) electrons. The summed E-state index contributed by atoms with van der Waals surface area (Å²) in [7, 11) is 0. The molecule has 0 aromatic heterocycles. The maximum absolute atomic E-state index is 5.64. The average Bonchev–Trinajstić information content (AvgIpc) is 3.18. The van der Waals surface area contributed by atoms with Crippen molar-refractivity contribution in [3.8, 4) is 5.75 Å². The highest BCUT2D eigenvalue weighted by atomic mass is 79.9. The molecule has 2 rings (SSSR count). The van der Waals surface area contributed by atoms with E-state index in [2.05, 4.69) is 48.1 Å². The predicted molar refractivity (Wildman–Crippen MR) is 84.9 cm³/mol. The van der Waals surface area contributed by atoms with Gasteiger partial charge in [-0.05, 0) is 63.3 Å². The summed E-state index contributed by atoms with van der Waals surface area (Å²) in [5.41, 5.74) is 1.29. The van der Waals surface area contributed by atoms with E-state index in [1.807, 2.05) is 12.1 Å². The van der Waals surface area contributed by atoms with Gasteiger partial charge >= 0.3 is 0 Å². The van der Waals surface area contributed by atoms with Crippen molar-refractivity contribution < 1.29 is 9.47 Å². The van der Waals surface area contributed by atoms with Crippen molar-refractivity contribution >= 4 is 15.9 Å². The molecule has 1 fully saturated rings. The van der Waals surface area contributed by atoms with Crippen molar-refractivity contribution in [1.29, 1.82) is 0 Å². The first kappa shape index (κ1) is 15.8. The first-order chi connectivity index (χ1) is 9.44. The molecule has 1 aliphatic rings. The normalized spacial score (nSPS) is 15.4. The zero-order valence-corrected chi connectivity index (χ0v) is 14.1. The quantitative estimate of drug-likeness (QED) is 0.598. The third kappa shape index (κ3) is 5.81. The largest absolute Gasteiger partial charge is 0.468 e. The molecule has 1 N–H and O–H groups in total. The Morgan fingerprint density at radius 1 is 1.30 bits per heavy atom. The molecule has 1 aliphatic carbocycles. The van der Waals surface area contributed by atoms with Crippen LogP contribution < -0.4 is 10.1 Å². The fraction of sp³-hybridized carbons (Fsp3) is 0.625. The standard InChI is InChI=1S/C16H24BrNO2/c1-16(2,3)18-9-13-8-14(6-7-15(13)17)20-11-19-10-12-4-5-12/h6-8,12,18H,4-5,9-11H2,1-3H3. The topological polar surface area (TPSA) is 30.5 Å². The van der Waals surface area contributed by atoms with Gasteiger partial charge in [0.05, 0.1) is 6.61 Å². The van der Waals surface area contributed by atoms with Crippen LogP contribution in [0.1, 0.15) is 39.2 Å². The maximum atomic E-state index is 5.64. The van der Waals surface area contributed by atoms with Crippen LogP contribution in [0.3, 0.4) is 0 Å². The lowest BCUT2D eigenvalue weighted by Gasteiger charge is -2.21. The van der Waals surface area contributed by atoms with Gasteiger partial charge in [-0.25, -0.2) is 0 Å². The lowest BCUT2D eigenvalue weighted by atomic mass is 10.1. The molecule has 0 atom stereocenters. The molecule has 0 bridgehead atoms. The average molecular weight is 342 g/mol. The van der Waals surface area contributed by atoms with E-state index >= 15 is 0 Å². The summed E-state index contributed by atoms with van der Waals surface area (Å²) in [6.07, 6.45) is 2.61. The number of benzene rings is 1. The second-order valence-corrected chi connectivity index (χ2v) is 7.29. The van der Waals surface area contributed by atoms with Crippen molar-refractivity contribution in [2.75, 3.05) is 13.4 Å². The molecule has 0 aliphatic heterocycles. The van der Waals surface area contributed by atoms with Crippen LogP contribution in [-0.2, 0) is 11.3 Å². The van der Waals surface area contributed by atoms with Crippen molar-refractivity contribution in [3.05, 3.63) is 28.2 Å². The van der Waals surface area contributed by atoms with Gasteiger partial charge in [-0.1, -0.05) is 15.9 Å². The van der Waals surface area contributed by atoms with E-state index in [4.69, 9.17) is 9.47 Å². The van der Waals surface area contributed by atoms with Gasteiger partial charge in [-0.2, -0.15) is 0 Å². The minimum atomic E-state index is 0.101. The van der Waals surface area contributed by atoms with Gasteiger partial charge in [0.2, 0.25) is 0 Å². The number of ether oxygens (including phenoxy) is 2. The van der Waals surface area contributed by atoms with E-state index < -0.39 is 0 Å². The van der Waals surface area contributed by atoms with Crippen LogP contribution in [0.4, 0.5) is 0 Å². The fourth-order valence-corrected chi connectivity index (χ4v) is 2.13. The van der Waals surface area contributed by atoms with Gasteiger partial charge in [0.15, 0.2) is 6.79 Å². The predicted octanol–water partition coefficient (Wildman–Crippen LogP) is 4.10. The van der Waals surface area contributed by atoms with Crippen LogP contribution in [0.25, 0.3) is 0 Å². The molecular weight excluding hydrogens is 318 g/mol. The monoisotopic (exact) mass is 341 g/mol. The van der Waals surface area contributed by atoms with E-state index in [1.54, 1.807) is 0 Å². The Kier molecular flexibility index (Phi) is 5.47. The highest BCUT2D eigenvalue weighted by Crippen LogP contribution is 2.29. The lowest BCUT2D eigenvalue weighted by molar-refractivity contribution is 0.00993. The molecule has 4 heteroatoms. The number of hydrogen-bond donors (Lipinski definition) is 1. The van der Waals surface area contributed by atoms with Gasteiger partial charge in [-0.3, -0.25) is 0 Å². The number of nitrogens with one attached hydrogen (secondary N) is 1. The van der Waals surface area contributed by atoms with Gasteiger partial charge in [0, 0.05) is 16.6 Å². The van der Waals surface area contributed by atoms with Crippen LogP contribution in [0.15, 0.2) is 22.7 Å². The Morgan fingerprint density at radius 3 is 2.70 bits per heavy atom. The summed E-state index contributed by atoms with van der Waals surface area (Å²) in [4.78, 5) is 0. The molecule has 1 aromatic carbocycles. The van der Waals surface area contributed by atoms with Crippen molar-refractivity contribution in [1.82, 2.24) is 5.32 Å². The first-order valence-electron chi connectivity index (χ1n) is 7.18. The fourth-order valence-electron chi connectivity index (χ4n) is 1.75. The van der Waals surface area contributed by atoms with E-state index in [0.29, 0.717) is 6.79 Å². The summed E-state index contributed by atoms with van der Waals surface area (Å²) < 4.78 is 12.2. The SMILES string of the molecule is CC(C)(C)NCc1cc(OCOCC2CC2)ccc1Br. The zero-order chi connectivity index (χ0) is 14.6. The molecule has 0 spiro atoms. The number of hydrogen-bond acceptors (Lipinski definition) is 3. The van der Waals surface area contributed by atoms with E-state index in [-0.39, 0.29) is 5.54 Å². The summed E-state index contributed by atoms with van der Waals surface area (Å²) in [5.74, 6) is 1.63. The van der Waals surface area contributed by atoms with Gasteiger partial charge in [0.1, 0.15) is 5.75 Å². The Balaban J connectivity index is 1.82. The molecule has 0 saturated heterocycles. The third-order valence-corrected chi connectivity index (χ3v) is 3.96. The van der Waals surface area contributed by atoms with Gasteiger partial charge < -0.3 is 14.8 Å². The van der Waals surface area contributed by atoms with Crippen LogP contribution in [0, 0.1) is 5.92 Å². The molecule has 1 aromatic rings. The third-order valence-electron chi connectivity index (χ3n) is 3.19. The molecule has 0 heterocycles. The molecule has 0 amide bonds. The molecule has 0 unspecified atom stereocenters. The van der Waals surface area contributed by atoms with Crippen molar-refractivity contribution in [2.24, 2.45) is 5.92 Å². The summed E-state index contributed by atoms with van der Waals surface area (Å²) in [6.45, 7) is 8.45. The Bertz CT molecular complexity index is 439. The minimum Gasteiger partial charge on any atom is -0.468 e. The number of rotatable bonds is 7. The molecule has 1 saturated carbocycles. The molecule has 112 valence electrons. The number of halogens is 1. The van der Waals surface area contributed by atoms with E-state index in [0.717, 1.165) is 29.3 Å². The lowest BCUT2D eigenvalue weighted by Crippen LogP contribution is -2.35. The van der Waals surface area contributed by atoms with Crippen LogP contribution in [0.5, 0.6) is 5.75 Å². The Hall–Kier alpha value is -0.580. The van der Waals surface area contributed by atoms with Gasteiger partial charge in [0.25, 0.3) is 0 Å². The Morgan fingerprint density at radius 2 is 2.05 bits per heavy atom. The Labute approximate surface area is 130 Å².